The number of benzene rings is 1. The van der Waals surface area contributed by atoms with Crippen LogP contribution in [0.25, 0.3) is 0 Å². The van der Waals surface area contributed by atoms with Gasteiger partial charge < -0.3 is 11.1 Å². The summed E-state index contributed by atoms with van der Waals surface area (Å²) < 4.78 is 0.746. The summed E-state index contributed by atoms with van der Waals surface area (Å²) >= 11 is 7.44. The minimum Gasteiger partial charge on any atom is -0.326 e. The second kappa shape index (κ2) is 4.96. The van der Waals surface area contributed by atoms with Gasteiger partial charge in [-0.25, -0.2) is 0 Å². The number of amides is 1. The van der Waals surface area contributed by atoms with Crippen molar-refractivity contribution in [3.05, 3.63) is 50.7 Å². The molecule has 3 N–H and O–H groups in total. The van der Waals surface area contributed by atoms with Crippen molar-refractivity contribution in [2.75, 3.05) is 5.32 Å². The summed E-state index contributed by atoms with van der Waals surface area (Å²) in [4.78, 5) is 12.4. The van der Waals surface area contributed by atoms with Gasteiger partial charge in [0.1, 0.15) is 0 Å². The Morgan fingerprint density at radius 1 is 1.26 bits per heavy atom. The number of nitrogens with one attached hydrogen (secondary N) is 1. The van der Waals surface area contributed by atoms with E-state index in [0.29, 0.717) is 6.42 Å². The molecule has 1 aliphatic rings. The van der Waals surface area contributed by atoms with Gasteiger partial charge in [-0.3, -0.25) is 4.79 Å². The van der Waals surface area contributed by atoms with Crippen molar-refractivity contribution >= 4 is 34.5 Å². The molecule has 0 aliphatic carbocycles. The average molecular weight is 293 g/mol. The van der Waals surface area contributed by atoms with Crippen LogP contribution in [-0.4, -0.2) is 5.91 Å². The van der Waals surface area contributed by atoms with E-state index in [1.807, 2.05) is 24.3 Å². The van der Waals surface area contributed by atoms with Crippen LogP contribution in [0.1, 0.15) is 28.5 Å². The van der Waals surface area contributed by atoms with Gasteiger partial charge in [-0.15, -0.1) is 11.3 Å². The smallest absolute Gasteiger partial charge is 0.224 e. The van der Waals surface area contributed by atoms with Crippen molar-refractivity contribution in [1.29, 1.82) is 0 Å². The van der Waals surface area contributed by atoms with Crippen LogP contribution in [0.2, 0.25) is 4.34 Å². The van der Waals surface area contributed by atoms with E-state index in [1.165, 1.54) is 11.3 Å². The number of thiophene rings is 1. The first-order valence-electron chi connectivity index (χ1n) is 6.07. The molecule has 1 aromatic heterocycles. The molecular weight excluding hydrogens is 280 g/mol. The third-order valence-corrected chi connectivity index (χ3v) is 4.60. The summed E-state index contributed by atoms with van der Waals surface area (Å²) in [7, 11) is 0. The third kappa shape index (κ3) is 2.52. The van der Waals surface area contributed by atoms with Crippen molar-refractivity contribution in [3.63, 3.8) is 0 Å². The Balaban J connectivity index is 1.92. The van der Waals surface area contributed by atoms with E-state index in [0.717, 1.165) is 32.4 Å². The normalized spacial score (nSPS) is 15.8. The molecule has 1 atom stereocenters. The zero-order valence-corrected chi connectivity index (χ0v) is 11.7. The van der Waals surface area contributed by atoms with E-state index in [4.69, 9.17) is 17.3 Å². The van der Waals surface area contributed by atoms with Crippen molar-refractivity contribution < 1.29 is 4.79 Å². The van der Waals surface area contributed by atoms with Gasteiger partial charge in [-0.05, 0) is 35.7 Å². The maximum Gasteiger partial charge on any atom is 0.224 e. The molecule has 0 radical (unpaired) electrons. The molecule has 1 aliphatic heterocycles. The topological polar surface area (TPSA) is 55.1 Å². The number of hydrogen-bond acceptors (Lipinski definition) is 3. The van der Waals surface area contributed by atoms with E-state index < -0.39 is 0 Å². The number of hydrogen-bond donors (Lipinski definition) is 2. The highest BCUT2D eigenvalue weighted by Gasteiger charge is 2.17. The number of halogens is 1. The molecule has 1 aromatic carbocycles. The first-order chi connectivity index (χ1) is 9.13. The van der Waals surface area contributed by atoms with Crippen LogP contribution in [-0.2, 0) is 11.2 Å². The Labute approximate surface area is 120 Å². The molecule has 0 bridgehead atoms. The summed E-state index contributed by atoms with van der Waals surface area (Å²) in [5.74, 6) is 0.0783. The van der Waals surface area contributed by atoms with Gasteiger partial charge in [0.2, 0.25) is 5.91 Å². The van der Waals surface area contributed by atoms with Crippen molar-refractivity contribution in [3.8, 4) is 0 Å². The van der Waals surface area contributed by atoms with Crippen molar-refractivity contribution in [2.24, 2.45) is 5.73 Å². The maximum absolute atomic E-state index is 11.3. The average Bonchev–Trinajstić information content (AvgIpc) is 2.84. The molecule has 1 unspecified atom stereocenters. The Morgan fingerprint density at radius 2 is 2.11 bits per heavy atom. The summed E-state index contributed by atoms with van der Waals surface area (Å²) in [5.41, 5.74) is 9.35. The van der Waals surface area contributed by atoms with E-state index in [2.05, 4.69) is 11.4 Å². The Kier molecular flexibility index (Phi) is 3.31. The molecule has 5 heteroatoms. The zero-order chi connectivity index (χ0) is 13.4. The highest BCUT2D eigenvalue weighted by molar-refractivity contribution is 7.16. The number of fused-ring (bicyclic) bond motifs is 1. The van der Waals surface area contributed by atoms with Gasteiger partial charge in [-0.1, -0.05) is 23.7 Å². The van der Waals surface area contributed by atoms with Crippen LogP contribution in [0.5, 0.6) is 0 Å². The van der Waals surface area contributed by atoms with Gasteiger partial charge in [0.15, 0.2) is 0 Å². The maximum atomic E-state index is 11.3. The van der Waals surface area contributed by atoms with E-state index >= 15 is 0 Å². The predicted octanol–water partition coefficient (Wildman–Crippen LogP) is 3.33. The van der Waals surface area contributed by atoms with Crippen LogP contribution in [0.15, 0.2) is 30.3 Å². The molecule has 1 amide bonds. The number of carbonyl (C=O) groups excluding carboxylic acids is 1. The van der Waals surface area contributed by atoms with Crippen LogP contribution in [0, 0.1) is 0 Å². The molecule has 3 rings (SSSR count). The second-order valence-corrected chi connectivity index (χ2v) is 6.33. The quantitative estimate of drug-likeness (QED) is 0.892. The van der Waals surface area contributed by atoms with Crippen molar-refractivity contribution in [2.45, 2.75) is 18.9 Å². The minimum atomic E-state index is -0.166. The lowest BCUT2D eigenvalue weighted by atomic mass is 9.97. The van der Waals surface area contributed by atoms with Gasteiger partial charge >= 0.3 is 0 Å². The van der Waals surface area contributed by atoms with Crippen LogP contribution in [0.3, 0.4) is 0 Å². The van der Waals surface area contributed by atoms with E-state index in [9.17, 15) is 4.79 Å². The SMILES string of the molecule is NC(c1ccc2c(c1)CCC(=O)N2)c1ccc(Cl)s1. The molecule has 0 spiro atoms. The molecule has 0 saturated heterocycles. The molecule has 98 valence electrons. The monoisotopic (exact) mass is 292 g/mol. The largest absolute Gasteiger partial charge is 0.326 e. The number of anilines is 1. The second-order valence-electron chi connectivity index (χ2n) is 4.58. The Bertz CT molecular complexity index is 638. The fourth-order valence-electron chi connectivity index (χ4n) is 2.26. The fourth-order valence-corrected chi connectivity index (χ4v) is 3.35. The summed E-state index contributed by atoms with van der Waals surface area (Å²) in [6.45, 7) is 0. The fraction of sp³-hybridized carbons (Fsp3) is 0.214. The molecule has 2 heterocycles. The lowest BCUT2D eigenvalue weighted by Crippen LogP contribution is -2.19. The zero-order valence-electron chi connectivity index (χ0n) is 10.2. The molecule has 0 saturated carbocycles. The standard InChI is InChI=1S/C14H13ClN2OS/c15-12-5-4-11(19-12)14(16)9-1-3-10-8(7-9)2-6-13(18)17-10/h1,3-5,7,14H,2,6,16H2,(H,17,18). The highest BCUT2D eigenvalue weighted by Crippen LogP contribution is 2.32. The first kappa shape index (κ1) is 12.7. The Morgan fingerprint density at radius 3 is 2.84 bits per heavy atom. The molecule has 3 nitrogen and oxygen atoms in total. The van der Waals surface area contributed by atoms with Gasteiger partial charge in [0.25, 0.3) is 0 Å². The van der Waals surface area contributed by atoms with E-state index in [1.54, 1.807) is 0 Å². The molecule has 19 heavy (non-hydrogen) atoms. The van der Waals surface area contributed by atoms with Crippen LogP contribution in [0.4, 0.5) is 5.69 Å². The minimum absolute atomic E-state index is 0.0783. The summed E-state index contributed by atoms with van der Waals surface area (Å²) in [6, 6.07) is 9.62. The van der Waals surface area contributed by atoms with Crippen molar-refractivity contribution in [1.82, 2.24) is 0 Å². The highest BCUT2D eigenvalue weighted by atomic mass is 35.5. The predicted molar refractivity (Wildman–Crippen MR) is 78.8 cm³/mol. The van der Waals surface area contributed by atoms with Crippen LogP contribution < -0.4 is 11.1 Å². The number of nitrogens with two attached hydrogens (primary N) is 1. The lowest BCUT2D eigenvalue weighted by Gasteiger charge is -2.19. The van der Waals surface area contributed by atoms with Crippen LogP contribution >= 0.6 is 22.9 Å². The molecule has 2 aromatic rings. The first-order valence-corrected chi connectivity index (χ1v) is 7.26. The third-order valence-electron chi connectivity index (χ3n) is 3.28. The van der Waals surface area contributed by atoms with E-state index in [-0.39, 0.29) is 11.9 Å². The lowest BCUT2D eigenvalue weighted by molar-refractivity contribution is -0.116. The van der Waals surface area contributed by atoms with Gasteiger partial charge in [0, 0.05) is 17.0 Å². The van der Waals surface area contributed by atoms with Gasteiger partial charge in [0.05, 0.1) is 10.4 Å². The number of aryl methyl sites for hydroxylation is 1. The Hall–Kier alpha value is -1.36. The molecule has 0 fully saturated rings. The number of rotatable bonds is 2. The summed E-state index contributed by atoms with van der Waals surface area (Å²) in [5, 5.41) is 2.87. The van der Waals surface area contributed by atoms with Gasteiger partial charge in [-0.2, -0.15) is 0 Å². The molecular formula is C14H13ClN2OS. The summed E-state index contributed by atoms with van der Waals surface area (Å²) in [6.07, 6.45) is 1.31. The number of carbonyl (C=O) groups is 1.